The van der Waals surface area contributed by atoms with Gasteiger partial charge < -0.3 is 19.2 Å². The van der Waals surface area contributed by atoms with E-state index in [1.165, 1.54) is 0 Å². The molecule has 0 rings (SSSR count). The van der Waals surface area contributed by atoms with E-state index in [0.717, 1.165) is 70.6 Å². The molecule has 0 saturated carbocycles. The average molecular weight is 625 g/mol. The molecule has 0 fully saturated rings. The summed E-state index contributed by atoms with van der Waals surface area (Å²) in [5, 5.41) is 9.86. The molecule has 0 aliphatic rings. The highest BCUT2D eigenvalue weighted by atomic mass is 31.2. The molecule has 8 nitrogen and oxygen atoms in total. The number of hydrogen-bond acceptors (Lipinski definition) is 6. The third-order valence-electron chi connectivity index (χ3n) is 5.98. The zero-order valence-corrected chi connectivity index (χ0v) is 28.0. The number of esters is 1. The van der Waals surface area contributed by atoms with Gasteiger partial charge in [0.15, 0.2) is 0 Å². The summed E-state index contributed by atoms with van der Waals surface area (Å²) in [5.74, 6) is -0.401. The molecule has 246 valence electrons. The number of rotatable bonds is 27. The van der Waals surface area contributed by atoms with Crippen molar-refractivity contribution in [2.75, 3.05) is 47.5 Å². The number of hydrogen-bond donors (Lipinski definition) is 2. The highest BCUT2D eigenvalue weighted by molar-refractivity contribution is 7.47. The Hall–Kier alpha value is -2.06. The van der Waals surface area contributed by atoms with Crippen molar-refractivity contribution in [1.82, 2.24) is 0 Å². The number of phosphoric ester groups is 1. The molecule has 2 unspecified atom stereocenters. The Bertz CT molecular complexity index is 916. The minimum atomic E-state index is -4.26. The number of aliphatic hydroxyl groups is 1. The van der Waals surface area contributed by atoms with E-state index in [1.54, 1.807) is 0 Å². The Morgan fingerprint density at radius 1 is 0.721 bits per heavy atom. The number of likely N-dealkylation sites (N-methyl/N-ethyl adjacent to an activating group) is 1. The highest BCUT2D eigenvalue weighted by Gasteiger charge is 2.24. The van der Waals surface area contributed by atoms with E-state index in [1.807, 2.05) is 21.1 Å². The van der Waals surface area contributed by atoms with Crippen molar-refractivity contribution in [3.63, 3.8) is 0 Å². The van der Waals surface area contributed by atoms with Crippen LogP contribution in [0, 0.1) is 0 Å². The second kappa shape index (κ2) is 27.5. The number of nitrogens with zero attached hydrogens (tertiary/aromatic N) is 1. The van der Waals surface area contributed by atoms with Gasteiger partial charge in [-0.05, 0) is 57.8 Å². The molecule has 43 heavy (non-hydrogen) atoms. The van der Waals surface area contributed by atoms with Crippen molar-refractivity contribution in [2.45, 2.75) is 90.1 Å². The summed E-state index contributed by atoms with van der Waals surface area (Å²) in [6.07, 6.45) is 36.2. The third-order valence-corrected chi connectivity index (χ3v) is 6.97. The van der Waals surface area contributed by atoms with Crippen LogP contribution in [0.15, 0.2) is 72.9 Å². The van der Waals surface area contributed by atoms with Gasteiger partial charge in [-0.15, -0.1) is 0 Å². The van der Waals surface area contributed by atoms with Crippen LogP contribution in [0.1, 0.15) is 84.0 Å². The topological polar surface area (TPSA) is 102 Å². The lowest BCUT2D eigenvalue weighted by atomic mass is 10.1. The fraction of sp³-hybridized carbons (Fsp3) is 0.618. The van der Waals surface area contributed by atoms with Gasteiger partial charge in [0.25, 0.3) is 0 Å². The molecule has 2 N–H and O–H groups in total. The van der Waals surface area contributed by atoms with Crippen LogP contribution in [0.2, 0.25) is 0 Å². The Labute approximate surface area is 261 Å². The van der Waals surface area contributed by atoms with E-state index in [4.69, 9.17) is 13.8 Å². The van der Waals surface area contributed by atoms with E-state index in [0.29, 0.717) is 11.0 Å². The molecule has 0 radical (unpaired) electrons. The van der Waals surface area contributed by atoms with Crippen LogP contribution < -0.4 is 0 Å². The number of carbonyl (C=O) groups is 1. The van der Waals surface area contributed by atoms with Crippen LogP contribution in [0.5, 0.6) is 0 Å². The van der Waals surface area contributed by atoms with Gasteiger partial charge in [-0.1, -0.05) is 92.7 Å². The molecule has 0 aliphatic heterocycles. The standard InChI is InChI=1S/C34H58NO7P/c1-5-6-7-8-9-10-11-12-13-14-15-16-17-18-19-20-21-22-23-24-25-26-27-28-34(37)40-31-33(36)32-42-43(38,39)41-30-29-35(2,3)4/h6-7,9-10,12-13,15-16,18-19,21-22,33,36H,5,8,11,14,17,20,23-32H2,1-4H3/p+1/b7-6-,10-9-,13-12-,16-15-,19-18-,22-21-. The summed E-state index contributed by atoms with van der Waals surface area (Å²) in [6.45, 7) is 1.97. The molecule has 0 bridgehead atoms. The molecule has 0 aromatic heterocycles. The summed E-state index contributed by atoms with van der Waals surface area (Å²) in [6, 6.07) is 0. The van der Waals surface area contributed by atoms with Crippen LogP contribution in [-0.2, 0) is 23.1 Å². The van der Waals surface area contributed by atoms with Crippen molar-refractivity contribution in [1.29, 1.82) is 0 Å². The largest absolute Gasteiger partial charge is 0.472 e. The third kappa shape index (κ3) is 32.7. The summed E-state index contributed by atoms with van der Waals surface area (Å²) in [5.41, 5.74) is 0. The quantitative estimate of drug-likeness (QED) is 0.0317. The predicted molar refractivity (Wildman–Crippen MR) is 178 cm³/mol. The van der Waals surface area contributed by atoms with Crippen LogP contribution in [0.3, 0.4) is 0 Å². The van der Waals surface area contributed by atoms with Crippen molar-refractivity contribution in [2.24, 2.45) is 0 Å². The van der Waals surface area contributed by atoms with E-state index in [-0.39, 0.29) is 19.6 Å². The zero-order valence-electron chi connectivity index (χ0n) is 27.1. The predicted octanol–water partition coefficient (Wildman–Crippen LogP) is 7.77. The van der Waals surface area contributed by atoms with Gasteiger partial charge in [0, 0.05) is 6.42 Å². The smallest absolute Gasteiger partial charge is 0.463 e. The Morgan fingerprint density at radius 2 is 1.21 bits per heavy atom. The average Bonchev–Trinajstić information content (AvgIpc) is 2.94. The molecule has 9 heteroatoms. The molecule has 0 aromatic carbocycles. The molecular formula is C34H59NO7P+. The first-order valence-corrected chi connectivity index (χ1v) is 17.2. The lowest BCUT2D eigenvalue weighted by molar-refractivity contribution is -0.870. The molecule has 0 heterocycles. The Morgan fingerprint density at radius 3 is 1.72 bits per heavy atom. The first-order chi connectivity index (χ1) is 20.6. The Kier molecular flexibility index (Phi) is 26.2. The summed E-state index contributed by atoms with van der Waals surface area (Å²) >= 11 is 0. The lowest BCUT2D eigenvalue weighted by Gasteiger charge is -2.24. The normalized spacial score (nSPS) is 15.2. The number of allylic oxidation sites excluding steroid dienone is 12. The fourth-order valence-corrected chi connectivity index (χ4v) is 4.23. The number of unbranched alkanes of at least 4 members (excludes halogenated alkanes) is 4. The van der Waals surface area contributed by atoms with Crippen molar-refractivity contribution >= 4 is 13.8 Å². The fourth-order valence-electron chi connectivity index (χ4n) is 3.48. The van der Waals surface area contributed by atoms with E-state index in [9.17, 15) is 19.4 Å². The molecule has 0 aromatic rings. The van der Waals surface area contributed by atoms with E-state index in [2.05, 4.69) is 79.8 Å². The van der Waals surface area contributed by atoms with Crippen molar-refractivity contribution in [3.05, 3.63) is 72.9 Å². The van der Waals surface area contributed by atoms with E-state index >= 15 is 0 Å². The molecule has 0 aliphatic carbocycles. The van der Waals surface area contributed by atoms with E-state index < -0.39 is 26.5 Å². The molecule has 0 saturated heterocycles. The first-order valence-electron chi connectivity index (χ1n) is 15.7. The molecular weight excluding hydrogens is 565 g/mol. The number of quaternary nitrogens is 1. The SMILES string of the molecule is CC/C=C\C/C=C\C/C=C\C/C=C\C/C=C\C/C=C\CCCCCCC(=O)OCC(O)COP(=O)(O)OCC[N+](C)(C)C. The highest BCUT2D eigenvalue weighted by Crippen LogP contribution is 2.43. The first kappa shape index (κ1) is 40.9. The maximum absolute atomic E-state index is 11.9. The summed E-state index contributed by atoms with van der Waals surface area (Å²) in [4.78, 5) is 21.5. The molecule has 0 amide bonds. The molecule has 0 spiro atoms. The van der Waals surface area contributed by atoms with Crippen LogP contribution >= 0.6 is 7.82 Å². The number of aliphatic hydroxyl groups excluding tert-OH is 1. The lowest BCUT2D eigenvalue weighted by Crippen LogP contribution is -2.37. The zero-order chi connectivity index (χ0) is 32.1. The molecule has 2 atom stereocenters. The van der Waals surface area contributed by atoms with Crippen LogP contribution in [-0.4, -0.2) is 74.1 Å². The summed E-state index contributed by atoms with van der Waals surface area (Å²) < 4.78 is 27.1. The number of ether oxygens (including phenoxy) is 1. The Balaban J connectivity index is 3.67. The van der Waals surface area contributed by atoms with Crippen LogP contribution in [0.4, 0.5) is 0 Å². The maximum Gasteiger partial charge on any atom is 0.472 e. The number of carbonyl (C=O) groups excluding carboxylic acids is 1. The van der Waals surface area contributed by atoms with Gasteiger partial charge in [0.05, 0.1) is 27.7 Å². The van der Waals surface area contributed by atoms with Gasteiger partial charge in [-0.3, -0.25) is 13.8 Å². The minimum Gasteiger partial charge on any atom is -0.463 e. The van der Waals surface area contributed by atoms with Gasteiger partial charge in [0.2, 0.25) is 0 Å². The number of phosphoric acid groups is 1. The summed E-state index contributed by atoms with van der Waals surface area (Å²) in [7, 11) is 1.53. The van der Waals surface area contributed by atoms with Gasteiger partial charge >= 0.3 is 13.8 Å². The maximum atomic E-state index is 11.9. The minimum absolute atomic E-state index is 0.0454. The van der Waals surface area contributed by atoms with Crippen molar-refractivity contribution in [3.8, 4) is 0 Å². The second-order valence-electron chi connectivity index (χ2n) is 11.3. The van der Waals surface area contributed by atoms with Gasteiger partial charge in [-0.2, -0.15) is 0 Å². The second-order valence-corrected chi connectivity index (χ2v) is 12.8. The monoisotopic (exact) mass is 624 g/mol. The van der Waals surface area contributed by atoms with Gasteiger partial charge in [0.1, 0.15) is 25.9 Å². The van der Waals surface area contributed by atoms with Gasteiger partial charge in [-0.25, -0.2) is 4.57 Å². The van der Waals surface area contributed by atoms with Crippen molar-refractivity contribution < 1.29 is 37.6 Å². The van der Waals surface area contributed by atoms with Crippen LogP contribution in [0.25, 0.3) is 0 Å².